The normalized spacial score (nSPS) is 12.2. The van der Waals surface area contributed by atoms with Crippen molar-refractivity contribution in [3.63, 3.8) is 0 Å². The van der Waals surface area contributed by atoms with Gasteiger partial charge in [0.25, 0.3) is 0 Å². The highest BCUT2D eigenvalue weighted by atomic mass is 32.2. The summed E-state index contributed by atoms with van der Waals surface area (Å²) < 4.78 is 39.7. The van der Waals surface area contributed by atoms with Crippen molar-refractivity contribution in [1.82, 2.24) is 15.0 Å². The number of hydrogen-bond acceptors (Lipinski definition) is 7. The predicted octanol–water partition coefficient (Wildman–Crippen LogP) is 3.86. The van der Waals surface area contributed by atoms with E-state index in [1.54, 1.807) is 36.7 Å². The monoisotopic (exact) mass is 447 g/mol. The third-order valence-corrected chi connectivity index (χ3v) is 6.72. The largest absolute Gasteiger partial charge is 0.368 e. The Kier molecular flexibility index (Phi) is 6.05. The first-order valence-corrected chi connectivity index (χ1v) is 11.3. The second-order valence-electron chi connectivity index (χ2n) is 6.99. The van der Waals surface area contributed by atoms with Gasteiger partial charge in [0.2, 0.25) is 9.84 Å². The van der Waals surface area contributed by atoms with Crippen molar-refractivity contribution in [3.8, 4) is 6.07 Å². The number of nitrogens with one attached hydrogen (secondary N) is 1. The van der Waals surface area contributed by atoms with Crippen LogP contribution in [0.1, 0.15) is 16.5 Å². The number of aromatic nitrogens is 3. The summed E-state index contributed by atoms with van der Waals surface area (Å²) in [6.07, 6.45) is 4.04. The van der Waals surface area contributed by atoms with E-state index in [-0.39, 0.29) is 16.4 Å². The van der Waals surface area contributed by atoms with Gasteiger partial charge in [0.05, 0.1) is 22.0 Å². The number of nitriles is 1. The Morgan fingerprint density at radius 2 is 1.72 bits per heavy atom. The van der Waals surface area contributed by atoms with Crippen LogP contribution in [0.4, 0.5) is 10.2 Å². The fraction of sp³-hybridized carbons (Fsp3) is 0.130. The molecule has 0 fully saturated rings. The number of rotatable bonds is 7. The van der Waals surface area contributed by atoms with Crippen LogP contribution >= 0.6 is 0 Å². The van der Waals surface area contributed by atoms with Crippen LogP contribution in [0, 0.1) is 17.1 Å². The zero-order valence-corrected chi connectivity index (χ0v) is 17.6. The first kappa shape index (κ1) is 21.3. The first-order chi connectivity index (χ1) is 15.5. The number of sulfone groups is 1. The summed E-state index contributed by atoms with van der Waals surface area (Å²) in [5.74, 6) is -0.356. The maximum atomic E-state index is 13.3. The molecule has 0 saturated carbocycles. The first-order valence-electron chi connectivity index (χ1n) is 9.77. The number of halogens is 1. The minimum atomic E-state index is -4.17. The Labute approximate surface area is 184 Å². The van der Waals surface area contributed by atoms with E-state index in [4.69, 9.17) is 0 Å². The number of fused-ring (bicyclic) bond motifs is 1. The summed E-state index contributed by atoms with van der Waals surface area (Å²) in [7, 11) is -4.17. The Morgan fingerprint density at radius 3 is 2.38 bits per heavy atom. The zero-order valence-electron chi connectivity index (χ0n) is 16.8. The standard InChI is InChI=1S/C23H18FN5O2S/c24-17-7-9-18(10-8-17)32(30,31)21(14-25)22-23(27-13-11-16-4-3-12-26-15-16)29-20-6-2-1-5-19(20)28-22/h1-10,12,15,21H,11,13H2,(H,27,29). The molecule has 0 amide bonds. The van der Waals surface area contributed by atoms with E-state index in [9.17, 15) is 18.1 Å². The maximum Gasteiger partial charge on any atom is 0.200 e. The molecule has 1 atom stereocenters. The molecule has 9 heteroatoms. The lowest BCUT2D eigenvalue weighted by atomic mass is 10.2. The summed E-state index contributed by atoms with van der Waals surface area (Å²) in [6, 6.07) is 17.0. The van der Waals surface area contributed by atoms with Gasteiger partial charge in [0.15, 0.2) is 11.1 Å². The lowest BCUT2D eigenvalue weighted by Gasteiger charge is -2.16. The van der Waals surface area contributed by atoms with E-state index in [0.717, 1.165) is 29.8 Å². The lowest BCUT2D eigenvalue weighted by molar-refractivity contribution is 0.589. The molecule has 2 aromatic carbocycles. The highest BCUT2D eigenvalue weighted by Crippen LogP contribution is 2.32. The van der Waals surface area contributed by atoms with Gasteiger partial charge in [-0.25, -0.2) is 22.8 Å². The molecule has 160 valence electrons. The SMILES string of the molecule is N#CC(c1nc2ccccc2nc1NCCc1cccnc1)S(=O)(=O)c1ccc(F)cc1. The molecule has 0 spiro atoms. The highest BCUT2D eigenvalue weighted by Gasteiger charge is 2.33. The summed E-state index contributed by atoms with van der Waals surface area (Å²) in [5, 5.41) is 11.3. The number of hydrogen-bond donors (Lipinski definition) is 1. The molecule has 1 unspecified atom stereocenters. The van der Waals surface area contributed by atoms with Gasteiger partial charge in [-0.15, -0.1) is 0 Å². The van der Waals surface area contributed by atoms with Gasteiger partial charge >= 0.3 is 0 Å². The van der Waals surface area contributed by atoms with Crippen LogP contribution in [0.25, 0.3) is 11.0 Å². The minimum Gasteiger partial charge on any atom is -0.368 e. The number of nitrogens with zero attached hydrogens (tertiary/aromatic N) is 4. The quantitative estimate of drug-likeness (QED) is 0.429. The summed E-state index contributed by atoms with van der Waals surface area (Å²) in [5.41, 5.74) is 2.03. The molecule has 2 aromatic heterocycles. The van der Waals surface area contributed by atoms with E-state index in [1.807, 2.05) is 18.2 Å². The van der Waals surface area contributed by atoms with Gasteiger partial charge in [0, 0.05) is 18.9 Å². The fourth-order valence-electron chi connectivity index (χ4n) is 3.24. The number of para-hydroxylation sites is 2. The van der Waals surface area contributed by atoms with Gasteiger partial charge in [-0.3, -0.25) is 4.98 Å². The molecule has 0 saturated heterocycles. The molecule has 0 aliphatic rings. The van der Waals surface area contributed by atoms with Crippen LogP contribution in [0.5, 0.6) is 0 Å². The minimum absolute atomic E-state index is 0.00158. The smallest absolute Gasteiger partial charge is 0.200 e. The van der Waals surface area contributed by atoms with E-state index in [2.05, 4.69) is 20.3 Å². The third-order valence-electron chi connectivity index (χ3n) is 4.84. The van der Waals surface area contributed by atoms with Crippen molar-refractivity contribution in [2.75, 3.05) is 11.9 Å². The maximum absolute atomic E-state index is 13.3. The molecule has 4 aromatic rings. The van der Waals surface area contributed by atoms with Gasteiger partial charge < -0.3 is 5.32 Å². The molecule has 0 aliphatic heterocycles. The number of pyridine rings is 1. The Balaban J connectivity index is 1.74. The average molecular weight is 447 g/mol. The number of benzene rings is 2. The Bertz CT molecular complexity index is 1390. The molecule has 32 heavy (non-hydrogen) atoms. The summed E-state index contributed by atoms with van der Waals surface area (Å²) >= 11 is 0. The van der Waals surface area contributed by atoms with Crippen molar-refractivity contribution in [2.45, 2.75) is 16.6 Å². The molecule has 7 nitrogen and oxygen atoms in total. The van der Waals surface area contributed by atoms with Crippen molar-refractivity contribution in [2.24, 2.45) is 0 Å². The second-order valence-corrected chi connectivity index (χ2v) is 9.03. The van der Waals surface area contributed by atoms with Gasteiger partial charge in [-0.05, 0) is 54.4 Å². The van der Waals surface area contributed by atoms with Crippen LogP contribution < -0.4 is 5.32 Å². The van der Waals surface area contributed by atoms with E-state index >= 15 is 0 Å². The zero-order chi connectivity index (χ0) is 22.6. The molecule has 2 heterocycles. The van der Waals surface area contributed by atoms with E-state index in [1.165, 1.54) is 0 Å². The van der Waals surface area contributed by atoms with Gasteiger partial charge in [-0.1, -0.05) is 18.2 Å². The van der Waals surface area contributed by atoms with Crippen LogP contribution in [-0.4, -0.2) is 29.9 Å². The fourth-order valence-corrected chi connectivity index (χ4v) is 4.62. The molecule has 0 radical (unpaired) electrons. The Morgan fingerprint density at radius 1 is 1.00 bits per heavy atom. The van der Waals surface area contributed by atoms with Crippen LogP contribution in [-0.2, 0) is 16.3 Å². The average Bonchev–Trinajstić information content (AvgIpc) is 2.80. The number of anilines is 1. The van der Waals surface area contributed by atoms with Gasteiger partial charge in [0.1, 0.15) is 11.5 Å². The highest BCUT2D eigenvalue weighted by molar-refractivity contribution is 7.92. The van der Waals surface area contributed by atoms with E-state index in [0.29, 0.717) is 24.0 Å². The third kappa shape index (κ3) is 4.40. The summed E-state index contributed by atoms with van der Waals surface area (Å²) in [6.45, 7) is 0.431. The molecular weight excluding hydrogens is 429 g/mol. The topological polar surface area (TPSA) is 109 Å². The van der Waals surface area contributed by atoms with E-state index < -0.39 is 20.9 Å². The second kappa shape index (κ2) is 9.08. The van der Waals surface area contributed by atoms with Crippen LogP contribution in [0.15, 0.2) is 78.0 Å². The van der Waals surface area contributed by atoms with Crippen LogP contribution in [0.3, 0.4) is 0 Å². The van der Waals surface area contributed by atoms with Crippen molar-refractivity contribution >= 4 is 26.7 Å². The molecule has 1 N–H and O–H groups in total. The predicted molar refractivity (Wildman–Crippen MR) is 118 cm³/mol. The molecule has 4 rings (SSSR count). The van der Waals surface area contributed by atoms with Crippen LogP contribution in [0.2, 0.25) is 0 Å². The summed E-state index contributed by atoms with van der Waals surface area (Å²) in [4.78, 5) is 12.9. The lowest BCUT2D eigenvalue weighted by Crippen LogP contribution is -2.18. The molecule has 0 bridgehead atoms. The van der Waals surface area contributed by atoms with Crippen molar-refractivity contribution in [3.05, 3.63) is 90.1 Å². The Hall–Kier alpha value is -3.90. The van der Waals surface area contributed by atoms with Crippen molar-refractivity contribution < 1.29 is 12.8 Å². The molecule has 0 aliphatic carbocycles. The molecular formula is C23H18FN5O2S. The van der Waals surface area contributed by atoms with Gasteiger partial charge in [-0.2, -0.15) is 5.26 Å². The van der Waals surface area contributed by atoms with Crippen molar-refractivity contribution in [1.29, 1.82) is 5.26 Å².